The molecule has 0 spiro atoms. The lowest BCUT2D eigenvalue weighted by molar-refractivity contribution is 0.861. The number of benzene rings is 2. The van der Waals surface area contributed by atoms with E-state index in [1.165, 1.54) is 5.56 Å². The fraction of sp³-hybridized carbons (Fsp3) is 0.125. The molecule has 5 heteroatoms. The minimum Gasteiger partial charge on any atom is -0.366 e. The summed E-state index contributed by atoms with van der Waals surface area (Å²) >= 11 is 0. The fourth-order valence-corrected chi connectivity index (χ4v) is 3.07. The first kappa shape index (κ1) is 18.6. The Bertz CT molecular complexity index is 1040. The van der Waals surface area contributed by atoms with Crippen molar-refractivity contribution >= 4 is 11.8 Å². The van der Waals surface area contributed by atoms with Crippen molar-refractivity contribution in [3.05, 3.63) is 102 Å². The molecule has 4 rings (SSSR count). The van der Waals surface area contributed by atoms with Crippen LogP contribution < -0.4 is 10.6 Å². The van der Waals surface area contributed by atoms with Crippen molar-refractivity contribution in [1.82, 2.24) is 15.0 Å². The van der Waals surface area contributed by atoms with Gasteiger partial charge in [-0.2, -0.15) is 4.98 Å². The molecular formula is C24H23N5. The zero-order valence-electron chi connectivity index (χ0n) is 16.3. The molecule has 0 saturated carbocycles. The molecular weight excluding hydrogens is 358 g/mol. The highest BCUT2D eigenvalue weighted by Crippen LogP contribution is 2.24. The number of rotatable bonds is 7. The van der Waals surface area contributed by atoms with Gasteiger partial charge in [0.2, 0.25) is 5.95 Å². The molecule has 2 N–H and O–H groups in total. The molecule has 1 unspecified atom stereocenters. The van der Waals surface area contributed by atoms with Gasteiger partial charge in [-0.25, -0.2) is 4.98 Å². The molecule has 4 aromatic rings. The molecule has 0 radical (unpaired) electrons. The predicted molar refractivity (Wildman–Crippen MR) is 118 cm³/mol. The molecule has 2 aromatic heterocycles. The Hall–Kier alpha value is -3.73. The van der Waals surface area contributed by atoms with Crippen LogP contribution in [-0.4, -0.2) is 15.0 Å². The Morgan fingerprint density at radius 1 is 0.828 bits per heavy atom. The van der Waals surface area contributed by atoms with Gasteiger partial charge in [-0.3, -0.25) is 4.98 Å². The zero-order valence-corrected chi connectivity index (χ0v) is 16.3. The second-order valence-electron chi connectivity index (χ2n) is 6.81. The largest absolute Gasteiger partial charge is 0.366 e. The van der Waals surface area contributed by atoms with E-state index in [0.29, 0.717) is 12.5 Å². The van der Waals surface area contributed by atoms with Crippen molar-refractivity contribution in [2.45, 2.75) is 19.5 Å². The van der Waals surface area contributed by atoms with Gasteiger partial charge in [-0.15, -0.1) is 0 Å². The van der Waals surface area contributed by atoms with Crippen molar-refractivity contribution in [1.29, 1.82) is 0 Å². The van der Waals surface area contributed by atoms with Gasteiger partial charge in [0.15, 0.2) is 0 Å². The van der Waals surface area contributed by atoms with Gasteiger partial charge >= 0.3 is 0 Å². The van der Waals surface area contributed by atoms with Crippen molar-refractivity contribution in [3.63, 3.8) is 0 Å². The van der Waals surface area contributed by atoms with E-state index in [-0.39, 0.29) is 6.04 Å². The maximum Gasteiger partial charge on any atom is 0.225 e. The molecule has 0 fully saturated rings. The number of anilines is 2. The lowest BCUT2D eigenvalue weighted by atomic mass is 10.1. The van der Waals surface area contributed by atoms with Gasteiger partial charge in [0.25, 0.3) is 0 Å². The SMILES string of the molecule is CC(Nc1nc(NCc2ccncc2)cc(-c2ccccc2)n1)c1ccccc1. The molecule has 0 amide bonds. The Balaban J connectivity index is 1.61. The monoisotopic (exact) mass is 381 g/mol. The zero-order chi connectivity index (χ0) is 19.9. The molecule has 0 aliphatic heterocycles. The van der Waals surface area contributed by atoms with E-state index < -0.39 is 0 Å². The summed E-state index contributed by atoms with van der Waals surface area (Å²) in [4.78, 5) is 13.5. The quantitative estimate of drug-likeness (QED) is 0.453. The van der Waals surface area contributed by atoms with Gasteiger partial charge < -0.3 is 10.6 Å². The summed E-state index contributed by atoms with van der Waals surface area (Å²) in [7, 11) is 0. The summed E-state index contributed by atoms with van der Waals surface area (Å²) < 4.78 is 0. The van der Waals surface area contributed by atoms with Crippen LogP contribution in [0.25, 0.3) is 11.3 Å². The highest BCUT2D eigenvalue weighted by atomic mass is 15.2. The van der Waals surface area contributed by atoms with E-state index >= 15 is 0 Å². The summed E-state index contributed by atoms with van der Waals surface area (Å²) in [5.41, 5.74) is 4.26. The van der Waals surface area contributed by atoms with E-state index in [2.05, 4.69) is 46.8 Å². The Morgan fingerprint density at radius 2 is 1.52 bits per heavy atom. The molecule has 0 bridgehead atoms. The van der Waals surface area contributed by atoms with Crippen LogP contribution >= 0.6 is 0 Å². The molecule has 5 nitrogen and oxygen atoms in total. The summed E-state index contributed by atoms with van der Waals surface area (Å²) in [6.07, 6.45) is 3.59. The molecule has 2 aromatic carbocycles. The van der Waals surface area contributed by atoms with E-state index in [9.17, 15) is 0 Å². The van der Waals surface area contributed by atoms with Gasteiger partial charge in [0, 0.05) is 30.6 Å². The van der Waals surface area contributed by atoms with Crippen molar-refractivity contribution < 1.29 is 0 Å². The van der Waals surface area contributed by atoms with Crippen LogP contribution in [0.2, 0.25) is 0 Å². The molecule has 2 heterocycles. The highest BCUT2D eigenvalue weighted by Gasteiger charge is 2.11. The third-order valence-corrected chi connectivity index (χ3v) is 4.66. The summed E-state index contributed by atoms with van der Waals surface area (Å²) in [5, 5.41) is 6.84. The number of aromatic nitrogens is 3. The number of nitrogens with zero attached hydrogens (tertiary/aromatic N) is 3. The number of nitrogens with one attached hydrogen (secondary N) is 2. The molecule has 0 saturated heterocycles. The van der Waals surface area contributed by atoms with Crippen LogP contribution in [0.3, 0.4) is 0 Å². The van der Waals surface area contributed by atoms with Crippen LogP contribution in [0.4, 0.5) is 11.8 Å². The minimum atomic E-state index is 0.0928. The first-order valence-corrected chi connectivity index (χ1v) is 9.67. The van der Waals surface area contributed by atoms with E-state index in [1.54, 1.807) is 12.4 Å². The Kier molecular flexibility index (Phi) is 5.76. The maximum absolute atomic E-state index is 4.75. The van der Waals surface area contributed by atoms with Crippen LogP contribution in [0.5, 0.6) is 0 Å². The summed E-state index contributed by atoms with van der Waals surface area (Å²) in [5.74, 6) is 1.37. The molecule has 0 aliphatic rings. The summed E-state index contributed by atoms with van der Waals surface area (Å²) in [6.45, 7) is 2.78. The second kappa shape index (κ2) is 8.97. The van der Waals surface area contributed by atoms with Crippen molar-refractivity contribution in [3.8, 4) is 11.3 Å². The highest BCUT2D eigenvalue weighted by molar-refractivity contribution is 5.64. The average molecular weight is 381 g/mol. The van der Waals surface area contributed by atoms with Gasteiger partial charge in [0.1, 0.15) is 5.82 Å². The van der Waals surface area contributed by atoms with E-state index in [1.807, 2.05) is 54.6 Å². The molecule has 1 atom stereocenters. The molecule has 0 aliphatic carbocycles. The van der Waals surface area contributed by atoms with Crippen LogP contribution in [-0.2, 0) is 6.54 Å². The normalized spacial score (nSPS) is 11.6. The third-order valence-electron chi connectivity index (χ3n) is 4.66. The molecule has 144 valence electrons. The van der Waals surface area contributed by atoms with Crippen LogP contribution in [0.15, 0.2) is 91.3 Å². The van der Waals surface area contributed by atoms with E-state index in [4.69, 9.17) is 9.97 Å². The first-order chi connectivity index (χ1) is 14.3. The predicted octanol–water partition coefficient (Wildman–Crippen LogP) is 5.32. The first-order valence-electron chi connectivity index (χ1n) is 9.67. The number of hydrogen-bond acceptors (Lipinski definition) is 5. The van der Waals surface area contributed by atoms with Gasteiger partial charge in [-0.05, 0) is 30.2 Å². The van der Waals surface area contributed by atoms with E-state index in [0.717, 1.165) is 22.6 Å². The van der Waals surface area contributed by atoms with Crippen LogP contribution in [0.1, 0.15) is 24.1 Å². The lowest BCUT2D eigenvalue weighted by Crippen LogP contribution is -2.11. The summed E-state index contributed by atoms with van der Waals surface area (Å²) in [6, 6.07) is 26.5. The van der Waals surface area contributed by atoms with Gasteiger partial charge in [-0.1, -0.05) is 60.7 Å². The minimum absolute atomic E-state index is 0.0928. The number of pyridine rings is 1. The van der Waals surface area contributed by atoms with Crippen molar-refractivity contribution in [2.75, 3.05) is 10.6 Å². The standard InChI is InChI=1S/C24H23N5/c1-18(20-8-4-2-5-9-20)27-24-28-22(21-10-6-3-7-11-21)16-23(29-24)26-17-19-12-14-25-15-13-19/h2-16,18H,17H2,1H3,(H2,26,27,28,29). The average Bonchev–Trinajstić information content (AvgIpc) is 2.79. The topological polar surface area (TPSA) is 62.7 Å². The van der Waals surface area contributed by atoms with Gasteiger partial charge in [0.05, 0.1) is 11.7 Å². The molecule has 29 heavy (non-hydrogen) atoms. The fourth-order valence-electron chi connectivity index (χ4n) is 3.07. The Morgan fingerprint density at radius 3 is 2.24 bits per heavy atom. The second-order valence-corrected chi connectivity index (χ2v) is 6.81. The smallest absolute Gasteiger partial charge is 0.225 e. The lowest BCUT2D eigenvalue weighted by Gasteiger charge is -2.16. The number of hydrogen-bond donors (Lipinski definition) is 2. The maximum atomic E-state index is 4.75. The Labute approximate surface area is 170 Å². The third kappa shape index (κ3) is 4.96. The van der Waals surface area contributed by atoms with Crippen molar-refractivity contribution in [2.24, 2.45) is 0 Å². The van der Waals surface area contributed by atoms with Crippen LogP contribution in [0, 0.1) is 0 Å².